The summed E-state index contributed by atoms with van der Waals surface area (Å²) >= 11 is 1.40. The summed E-state index contributed by atoms with van der Waals surface area (Å²) in [7, 11) is 0. The van der Waals surface area contributed by atoms with Crippen LogP contribution in [0.3, 0.4) is 0 Å². The molecule has 92 valence electrons. The molecule has 0 amide bonds. The number of carbonyl (C=O) groups excluding carboxylic acids is 1. The van der Waals surface area contributed by atoms with Crippen LogP contribution in [0.4, 0.5) is 0 Å². The van der Waals surface area contributed by atoms with Gasteiger partial charge in [0, 0.05) is 6.20 Å². The first-order valence-electron chi connectivity index (χ1n) is 5.33. The second kappa shape index (κ2) is 5.64. The summed E-state index contributed by atoms with van der Waals surface area (Å²) in [5, 5.41) is 0.572. The number of rotatable bonds is 4. The zero-order chi connectivity index (χ0) is 13.0. The molecule has 1 aromatic carbocycles. The van der Waals surface area contributed by atoms with E-state index < -0.39 is 0 Å². The number of aromatic nitrogens is 2. The summed E-state index contributed by atoms with van der Waals surface area (Å²) in [6.07, 6.45) is 4.02. The van der Waals surface area contributed by atoms with Gasteiger partial charge in [-0.25, -0.2) is 4.98 Å². The monoisotopic (exact) mass is 260 g/mol. The number of benzene rings is 1. The highest BCUT2D eigenvalue weighted by molar-refractivity contribution is 7.98. The lowest BCUT2D eigenvalue weighted by atomic mass is 10.2. The Balaban J connectivity index is 2.31. The maximum absolute atomic E-state index is 10.9. The van der Waals surface area contributed by atoms with E-state index in [0.29, 0.717) is 22.8 Å². The number of ether oxygens (including phenoxy) is 1. The van der Waals surface area contributed by atoms with E-state index >= 15 is 0 Å². The molecule has 0 saturated heterocycles. The number of aldehydes is 1. The van der Waals surface area contributed by atoms with E-state index in [1.165, 1.54) is 18.0 Å². The van der Waals surface area contributed by atoms with Gasteiger partial charge in [-0.3, -0.25) is 4.79 Å². The maximum atomic E-state index is 10.9. The predicted octanol–water partition coefficient (Wildman–Crippen LogP) is 3.11. The van der Waals surface area contributed by atoms with E-state index in [9.17, 15) is 4.79 Å². The van der Waals surface area contributed by atoms with E-state index in [1.807, 2.05) is 37.4 Å². The van der Waals surface area contributed by atoms with Crippen molar-refractivity contribution in [3.05, 3.63) is 41.6 Å². The van der Waals surface area contributed by atoms with Gasteiger partial charge in [0.1, 0.15) is 5.75 Å². The van der Waals surface area contributed by atoms with Gasteiger partial charge in [-0.1, -0.05) is 29.5 Å². The molecule has 18 heavy (non-hydrogen) atoms. The Labute approximate surface area is 109 Å². The molecule has 0 N–H and O–H groups in total. The molecule has 4 nitrogen and oxygen atoms in total. The van der Waals surface area contributed by atoms with Gasteiger partial charge < -0.3 is 4.74 Å². The number of thioether (sulfide) groups is 1. The number of carbonyl (C=O) groups is 1. The van der Waals surface area contributed by atoms with E-state index in [-0.39, 0.29) is 5.88 Å². The van der Waals surface area contributed by atoms with Crippen molar-refractivity contribution in [1.29, 1.82) is 0 Å². The largest absolute Gasteiger partial charge is 0.438 e. The first-order valence-corrected chi connectivity index (χ1v) is 6.56. The summed E-state index contributed by atoms with van der Waals surface area (Å²) in [5.74, 6) is 0.933. The lowest BCUT2D eigenvalue weighted by Crippen LogP contribution is -1.97. The standard InChI is InChI=1S/C13H12N2O2S/c1-9-3-5-11(6-4-9)17-12-10(8-16)7-14-13(15-12)18-2/h3-8H,1-2H3. The van der Waals surface area contributed by atoms with Gasteiger partial charge in [0.15, 0.2) is 11.4 Å². The molecule has 2 aromatic rings. The molecular weight excluding hydrogens is 248 g/mol. The molecular formula is C13H12N2O2S. The van der Waals surface area contributed by atoms with Crippen LogP contribution in [0.15, 0.2) is 35.6 Å². The van der Waals surface area contributed by atoms with E-state index in [2.05, 4.69) is 9.97 Å². The zero-order valence-electron chi connectivity index (χ0n) is 10.1. The highest BCUT2D eigenvalue weighted by Crippen LogP contribution is 2.24. The van der Waals surface area contributed by atoms with Crippen molar-refractivity contribution in [2.45, 2.75) is 12.1 Å². The molecule has 0 unspecified atom stereocenters. The minimum absolute atomic E-state index is 0.285. The fraction of sp³-hybridized carbons (Fsp3) is 0.154. The molecule has 0 saturated carbocycles. The van der Waals surface area contributed by atoms with Crippen LogP contribution in [-0.4, -0.2) is 22.5 Å². The number of hydrogen-bond donors (Lipinski definition) is 0. The first-order chi connectivity index (χ1) is 8.72. The van der Waals surface area contributed by atoms with Crippen molar-refractivity contribution in [3.8, 4) is 11.6 Å². The smallest absolute Gasteiger partial charge is 0.233 e. The van der Waals surface area contributed by atoms with Crippen molar-refractivity contribution >= 4 is 18.0 Å². The van der Waals surface area contributed by atoms with Crippen molar-refractivity contribution in [3.63, 3.8) is 0 Å². The molecule has 1 aromatic heterocycles. The van der Waals surface area contributed by atoms with Crippen molar-refractivity contribution < 1.29 is 9.53 Å². The minimum Gasteiger partial charge on any atom is -0.438 e. The predicted molar refractivity (Wildman–Crippen MR) is 70.5 cm³/mol. The summed E-state index contributed by atoms with van der Waals surface area (Å²) < 4.78 is 5.60. The van der Waals surface area contributed by atoms with Gasteiger partial charge in [0.05, 0.1) is 5.56 Å². The summed E-state index contributed by atoms with van der Waals surface area (Å²) in [5.41, 5.74) is 1.49. The third-order valence-corrected chi connectivity index (χ3v) is 2.87. The maximum Gasteiger partial charge on any atom is 0.233 e. The van der Waals surface area contributed by atoms with Gasteiger partial charge >= 0.3 is 0 Å². The topological polar surface area (TPSA) is 52.1 Å². The van der Waals surface area contributed by atoms with Gasteiger partial charge in [0.2, 0.25) is 5.88 Å². The number of nitrogens with zero attached hydrogens (tertiary/aromatic N) is 2. The van der Waals surface area contributed by atoms with Crippen LogP contribution in [0.1, 0.15) is 15.9 Å². The molecule has 0 aliphatic carbocycles. The SMILES string of the molecule is CSc1ncc(C=O)c(Oc2ccc(C)cc2)n1. The van der Waals surface area contributed by atoms with Gasteiger partial charge in [-0.05, 0) is 25.3 Å². The quantitative estimate of drug-likeness (QED) is 0.480. The van der Waals surface area contributed by atoms with Crippen LogP contribution < -0.4 is 4.74 Å². The first kappa shape index (κ1) is 12.6. The van der Waals surface area contributed by atoms with Gasteiger partial charge in [-0.2, -0.15) is 4.98 Å². The average Bonchev–Trinajstić information content (AvgIpc) is 2.41. The molecule has 0 bridgehead atoms. The fourth-order valence-corrected chi connectivity index (χ4v) is 1.67. The molecule has 2 rings (SSSR count). The van der Waals surface area contributed by atoms with Gasteiger partial charge in [0.25, 0.3) is 0 Å². The van der Waals surface area contributed by atoms with Crippen LogP contribution in [0.5, 0.6) is 11.6 Å². The second-order valence-electron chi connectivity index (χ2n) is 3.65. The Morgan fingerprint density at radius 2 is 2.00 bits per heavy atom. The van der Waals surface area contributed by atoms with Crippen molar-refractivity contribution in [2.75, 3.05) is 6.26 Å². The number of hydrogen-bond acceptors (Lipinski definition) is 5. The fourth-order valence-electron chi connectivity index (χ4n) is 1.34. The van der Waals surface area contributed by atoms with Crippen LogP contribution in [-0.2, 0) is 0 Å². The Bertz CT molecular complexity index is 555. The van der Waals surface area contributed by atoms with E-state index in [0.717, 1.165) is 5.56 Å². The minimum atomic E-state index is 0.285. The Hall–Kier alpha value is -1.88. The third-order valence-electron chi connectivity index (χ3n) is 2.30. The highest BCUT2D eigenvalue weighted by atomic mass is 32.2. The Kier molecular flexibility index (Phi) is 3.94. The summed E-state index contributed by atoms with van der Waals surface area (Å²) in [4.78, 5) is 19.1. The molecule has 5 heteroatoms. The van der Waals surface area contributed by atoms with E-state index in [4.69, 9.17) is 4.74 Å². The lowest BCUT2D eigenvalue weighted by molar-refractivity contribution is 0.112. The van der Waals surface area contributed by atoms with Crippen molar-refractivity contribution in [2.24, 2.45) is 0 Å². The molecule has 1 heterocycles. The van der Waals surface area contributed by atoms with Crippen LogP contribution in [0.2, 0.25) is 0 Å². The molecule has 0 aliphatic heterocycles. The summed E-state index contributed by atoms with van der Waals surface area (Å²) in [6.45, 7) is 2.00. The van der Waals surface area contributed by atoms with Crippen LogP contribution >= 0.6 is 11.8 Å². The van der Waals surface area contributed by atoms with E-state index in [1.54, 1.807) is 0 Å². The molecule has 0 atom stereocenters. The Morgan fingerprint density at radius 3 is 2.61 bits per heavy atom. The zero-order valence-corrected chi connectivity index (χ0v) is 10.9. The van der Waals surface area contributed by atoms with Crippen molar-refractivity contribution in [1.82, 2.24) is 9.97 Å². The highest BCUT2D eigenvalue weighted by Gasteiger charge is 2.08. The normalized spacial score (nSPS) is 10.1. The van der Waals surface area contributed by atoms with Crippen LogP contribution in [0, 0.1) is 6.92 Å². The average molecular weight is 260 g/mol. The molecule has 0 fully saturated rings. The molecule has 0 radical (unpaired) electrons. The summed E-state index contributed by atoms with van der Waals surface area (Å²) in [6, 6.07) is 7.55. The second-order valence-corrected chi connectivity index (χ2v) is 4.42. The van der Waals surface area contributed by atoms with Crippen LogP contribution in [0.25, 0.3) is 0 Å². The third kappa shape index (κ3) is 2.87. The molecule has 0 aliphatic rings. The van der Waals surface area contributed by atoms with Gasteiger partial charge in [-0.15, -0.1) is 0 Å². The lowest BCUT2D eigenvalue weighted by Gasteiger charge is -2.07. The Morgan fingerprint density at radius 1 is 1.28 bits per heavy atom. The molecule has 0 spiro atoms. The number of aryl methyl sites for hydroxylation is 1.